The van der Waals surface area contributed by atoms with Crippen LogP contribution in [-0.2, 0) is 6.42 Å². The van der Waals surface area contributed by atoms with Crippen LogP contribution in [0.5, 0.6) is 5.75 Å². The van der Waals surface area contributed by atoms with Crippen LogP contribution >= 0.6 is 0 Å². The smallest absolute Gasteiger partial charge is 0.203 e. The number of aromatic nitrogens is 2. The summed E-state index contributed by atoms with van der Waals surface area (Å²) in [7, 11) is 3.69. The van der Waals surface area contributed by atoms with Gasteiger partial charge < -0.3 is 19.5 Å². The van der Waals surface area contributed by atoms with Crippen molar-refractivity contribution in [3.05, 3.63) is 17.7 Å². The van der Waals surface area contributed by atoms with Crippen molar-refractivity contribution in [2.24, 2.45) is 0 Å². The lowest BCUT2D eigenvalue weighted by atomic mass is 10.1. The zero-order valence-electron chi connectivity index (χ0n) is 16.1. The molecule has 3 rings (SSSR count). The van der Waals surface area contributed by atoms with Gasteiger partial charge in [0.15, 0.2) is 0 Å². The first kappa shape index (κ1) is 18.1. The van der Waals surface area contributed by atoms with E-state index in [-0.39, 0.29) is 0 Å². The van der Waals surface area contributed by atoms with Crippen LogP contribution in [0.1, 0.15) is 51.1 Å². The lowest BCUT2D eigenvalue weighted by Crippen LogP contribution is -2.20. The number of imidazole rings is 1. The molecule has 0 unspecified atom stereocenters. The number of hydrogen-bond acceptors (Lipinski definition) is 4. The number of ether oxygens (including phenoxy) is 1. The summed E-state index contributed by atoms with van der Waals surface area (Å²) in [5.74, 6) is 1.90. The standard InChI is InChI=1S/C20H32N4O/c1-15(2)24-18-14-19(25-4)16(13-17(18)22-20(24)21-3)9-5-6-10-23-11-7-8-12-23/h13-15H,5-12H2,1-4H3,(H,21,22). The van der Waals surface area contributed by atoms with Gasteiger partial charge >= 0.3 is 0 Å². The van der Waals surface area contributed by atoms with Crippen molar-refractivity contribution in [3.63, 3.8) is 0 Å². The maximum Gasteiger partial charge on any atom is 0.203 e. The first-order chi connectivity index (χ1) is 12.1. The fourth-order valence-corrected chi connectivity index (χ4v) is 3.91. The normalized spacial score (nSPS) is 15.4. The summed E-state index contributed by atoms with van der Waals surface area (Å²) in [6.07, 6.45) is 6.25. The van der Waals surface area contributed by atoms with E-state index < -0.39 is 0 Å². The number of likely N-dealkylation sites (tertiary alicyclic amines) is 1. The average Bonchev–Trinajstić information content (AvgIpc) is 3.24. The van der Waals surface area contributed by atoms with E-state index in [0.717, 1.165) is 29.2 Å². The van der Waals surface area contributed by atoms with E-state index in [1.807, 2.05) is 7.05 Å². The van der Waals surface area contributed by atoms with E-state index in [2.05, 4.69) is 40.8 Å². The SMILES string of the molecule is CNc1nc2cc(CCCCN3CCCC3)c(OC)cc2n1C(C)C. The highest BCUT2D eigenvalue weighted by Gasteiger charge is 2.16. The molecule has 0 bridgehead atoms. The number of nitrogens with zero attached hydrogens (tertiary/aromatic N) is 3. The van der Waals surface area contributed by atoms with Crippen molar-refractivity contribution in [3.8, 4) is 5.75 Å². The molecule has 1 aromatic heterocycles. The topological polar surface area (TPSA) is 42.3 Å². The largest absolute Gasteiger partial charge is 0.496 e. The Morgan fingerprint density at radius 3 is 2.60 bits per heavy atom. The molecule has 1 aliphatic heterocycles. The number of unbranched alkanes of at least 4 members (excludes halogenated alkanes) is 1. The summed E-state index contributed by atoms with van der Waals surface area (Å²) in [4.78, 5) is 7.36. The third-order valence-corrected chi connectivity index (χ3v) is 5.20. The first-order valence-corrected chi connectivity index (χ1v) is 9.63. The van der Waals surface area contributed by atoms with Gasteiger partial charge in [0, 0.05) is 19.2 Å². The van der Waals surface area contributed by atoms with Crippen LogP contribution in [-0.4, -0.2) is 48.2 Å². The third kappa shape index (κ3) is 3.92. The predicted molar refractivity (Wildman–Crippen MR) is 105 cm³/mol. The molecule has 0 aliphatic carbocycles. The van der Waals surface area contributed by atoms with Crippen molar-refractivity contribution in [1.82, 2.24) is 14.5 Å². The van der Waals surface area contributed by atoms with Crippen LogP contribution < -0.4 is 10.1 Å². The highest BCUT2D eigenvalue weighted by atomic mass is 16.5. The second kappa shape index (κ2) is 8.09. The molecule has 1 N–H and O–H groups in total. The molecular formula is C20H32N4O. The van der Waals surface area contributed by atoms with E-state index in [0.29, 0.717) is 6.04 Å². The monoisotopic (exact) mass is 344 g/mol. The third-order valence-electron chi connectivity index (χ3n) is 5.20. The van der Waals surface area contributed by atoms with Crippen LogP contribution in [0.2, 0.25) is 0 Å². The second-order valence-corrected chi connectivity index (χ2v) is 7.31. The molecule has 0 atom stereocenters. The second-order valence-electron chi connectivity index (χ2n) is 7.31. The van der Waals surface area contributed by atoms with E-state index in [1.165, 1.54) is 50.9 Å². The number of benzene rings is 1. The van der Waals surface area contributed by atoms with Crippen molar-refractivity contribution in [1.29, 1.82) is 0 Å². The number of anilines is 1. The van der Waals surface area contributed by atoms with Crippen LogP contribution in [0.25, 0.3) is 11.0 Å². The summed E-state index contributed by atoms with van der Waals surface area (Å²) in [5, 5.41) is 3.21. The maximum absolute atomic E-state index is 5.69. The van der Waals surface area contributed by atoms with Gasteiger partial charge in [-0.1, -0.05) is 0 Å². The molecule has 1 aliphatic rings. The fraction of sp³-hybridized carbons (Fsp3) is 0.650. The molecule has 2 aromatic rings. The molecule has 2 heterocycles. The van der Waals surface area contributed by atoms with Crippen molar-refractivity contribution >= 4 is 17.0 Å². The minimum Gasteiger partial charge on any atom is -0.496 e. The van der Waals surface area contributed by atoms with E-state index >= 15 is 0 Å². The summed E-state index contributed by atoms with van der Waals surface area (Å²) in [6, 6.07) is 4.71. The highest BCUT2D eigenvalue weighted by molar-refractivity contribution is 5.81. The lowest BCUT2D eigenvalue weighted by Gasteiger charge is -2.15. The first-order valence-electron chi connectivity index (χ1n) is 9.63. The molecule has 0 saturated carbocycles. The zero-order valence-corrected chi connectivity index (χ0v) is 16.1. The minimum atomic E-state index is 0.350. The number of nitrogens with one attached hydrogen (secondary N) is 1. The molecule has 0 spiro atoms. The number of methoxy groups -OCH3 is 1. The Bertz CT molecular complexity index is 701. The molecule has 0 amide bonds. The lowest BCUT2D eigenvalue weighted by molar-refractivity contribution is 0.329. The van der Waals surface area contributed by atoms with E-state index in [4.69, 9.17) is 9.72 Å². The zero-order chi connectivity index (χ0) is 17.8. The minimum absolute atomic E-state index is 0.350. The summed E-state index contributed by atoms with van der Waals surface area (Å²) in [6.45, 7) is 8.17. The summed E-state index contributed by atoms with van der Waals surface area (Å²) in [5.41, 5.74) is 3.46. The van der Waals surface area contributed by atoms with Gasteiger partial charge in [0.2, 0.25) is 5.95 Å². The van der Waals surface area contributed by atoms with Gasteiger partial charge in [-0.25, -0.2) is 4.98 Å². The number of hydrogen-bond donors (Lipinski definition) is 1. The summed E-state index contributed by atoms with van der Waals surface area (Å²) >= 11 is 0. The highest BCUT2D eigenvalue weighted by Crippen LogP contribution is 2.31. The Labute approximate surface area is 151 Å². The maximum atomic E-state index is 5.69. The molecule has 1 aromatic carbocycles. The van der Waals surface area contributed by atoms with Gasteiger partial charge in [0.25, 0.3) is 0 Å². The molecule has 5 heteroatoms. The average molecular weight is 345 g/mol. The van der Waals surface area contributed by atoms with Gasteiger partial charge in [-0.15, -0.1) is 0 Å². The Hall–Kier alpha value is -1.75. The number of fused-ring (bicyclic) bond motifs is 1. The molecule has 5 nitrogen and oxygen atoms in total. The summed E-state index contributed by atoms with van der Waals surface area (Å²) < 4.78 is 7.92. The molecule has 0 radical (unpaired) electrons. The van der Waals surface area contributed by atoms with Gasteiger partial charge in [-0.3, -0.25) is 0 Å². The number of aryl methyl sites for hydroxylation is 1. The van der Waals surface area contributed by atoms with Crippen molar-refractivity contribution in [2.45, 2.75) is 52.0 Å². The van der Waals surface area contributed by atoms with Crippen LogP contribution in [0.15, 0.2) is 12.1 Å². The predicted octanol–water partition coefficient (Wildman–Crippen LogP) is 4.09. The molecule has 138 valence electrons. The molecule has 1 fully saturated rings. The van der Waals surface area contributed by atoms with Gasteiger partial charge in [-0.05, 0) is 77.2 Å². The van der Waals surface area contributed by atoms with Gasteiger partial charge in [0.05, 0.1) is 18.1 Å². The Morgan fingerprint density at radius 2 is 1.96 bits per heavy atom. The van der Waals surface area contributed by atoms with Crippen molar-refractivity contribution in [2.75, 3.05) is 39.1 Å². The van der Waals surface area contributed by atoms with Gasteiger partial charge in [0.1, 0.15) is 5.75 Å². The molecular weight excluding hydrogens is 312 g/mol. The molecule has 1 saturated heterocycles. The van der Waals surface area contributed by atoms with E-state index in [9.17, 15) is 0 Å². The van der Waals surface area contributed by atoms with Crippen LogP contribution in [0, 0.1) is 0 Å². The Kier molecular flexibility index (Phi) is 5.84. The van der Waals surface area contributed by atoms with Crippen LogP contribution in [0.3, 0.4) is 0 Å². The Morgan fingerprint density at radius 1 is 1.20 bits per heavy atom. The van der Waals surface area contributed by atoms with E-state index in [1.54, 1.807) is 7.11 Å². The van der Waals surface area contributed by atoms with Crippen molar-refractivity contribution < 1.29 is 4.74 Å². The molecule has 25 heavy (non-hydrogen) atoms. The quantitative estimate of drug-likeness (QED) is 0.733. The Balaban J connectivity index is 1.75. The number of rotatable bonds is 8. The van der Waals surface area contributed by atoms with Crippen LogP contribution in [0.4, 0.5) is 5.95 Å². The van der Waals surface area contributed by atoms with Gasteiger partial charge in [-0.2, -0.15) is 0 Å². The fourth-order valence-electron chi connectivity index (χ4n) is 3.91.